The molecule has 3 rings (SSSR count). The van der Waals surface area contributed by atoms with Gasteiger partial charge in [0.2, 0.25) is 0 Å². The van der Waals surface area contributed by atoms with E-state index >= 15 is 0 Å². The lowest BCUT2D eigenvalue weighted by molar-refractivity contribution is 0.633. The smallest absolute Gasteiger partial charge is 0.0491 e. The molecule has 0 saturated heterocycles. The molecule has 1 heterocycles. The molecule has 1 nitrogen and oxygen atoms in total. The van der Waals surface area contributed by atoms with Crippen molar-refractivity contribution in [3.05, 3.63) is 47.7 Å². The van der Waals surface area contributed by atoms with Crippen molar-refractivity contribution >= 4 is 23.1 Å². The quantitative estimate of drug-likeness (QED) is 0.676. The molecule has 92 valence electrons. The standard InChI is InChI=1S/C17H19N/c1-4-18-15-8-6-5-7-13(15)14-9-11-17(2,3)12-10-16(14)18/h5-12H,4H2,1-3H3. The molecular weight excluding hydrogens is 218 g/mol. The van der Waals surface area contributed by atoms with Gasteiger partial charge in [0.25, 0.3) is 0 Å². The fourth-order valence-electron chi connectivity index (χ4n) is 2.69. The van der Waals surface area contributed by atoms with Crippen LogP contribution >= 0.6 is 0 Å². The molecule has 18 heavy (non-hydrogen) atoms. The zero-order chi connectivity index (χ0) is 12.8. The number of hydrogen-bond acceptors (Lipinski definition) is 0. The Bertz CT molecular complexity index is 654. The fraction of sp³-hybridized carbons (Fsp3) is 0.294. The number of allylic oxidation sites excluding steroid dienone is 2. The van der Waals surface area contributed by atoms with Crippen molar-refractivity contribution in [1.82, 2.24) is 4.57 Å². The van der Waals surface area contributed by atoms with E-state index in [1.807, 2.05) is 0 Å². The molecule has 0 fully saturated rings. The maximum absolute atomic E-state index is 2.40. The van der Waals surface area contributed by atoms with Crippen LogP contribution in [0.2, 0.25) is 0 Å². The van der Waals surface area contributed by atoms with E-state index in [1.165, 1.54) is 22.2 Å². The number of fused-ring (bicyclic) bond motifs is 3. The summed E-state index contributed by atoms with van der Waals surface area (Å²) < 4.78 is 2.40. The first-order valence-corrected chi connectivity index (χ1v) is 6.62. The number of benzene rings is 1. The van der Waals surface area contributed by atoms with Gasteiger partial charge >= 0.3 is 0 Å². The predicted molar refractivity (Wildman–Crippen MR) is 79.5 cm³/mol. The summed E-state index contributed by atoms with van der Waals surface area (Å²) in [5.41, 5.74) is 4.16. The van der Waals surface area contributed by atoms with Crippen LogP contribution in [-0.4, -0.2) is 4.57 Å². The van der Waals surface area contributed by atoms with Crippen molar-refractivity contribution in [2.45, 2.75) is 27.3 Å². The van der Waals surface area contributed by atoms with Gasteiger partial charge < -0.3 is 4.57 Å². The molecule has 0 spiro atoms. The molecule has 1 aliphatic carbocycles. The normalized spacial score (nSPS) is 16.8. The predicted octanol–water partition coefficient (Wildman–Crippen LogP) is 4.73. The van der Waals surface area contributed by atoms with E-state index in [9.17, 15) is 0 Å². The number of aromatic nitrogens is 1. The lowest BCUT2D eigenvalue weighted by Gasteiger charge is -2.12. The molecule has 0 aliphatic heterocycles. The zero-order valence-electron chi connectivity index (χ0n) is 11.3. The van der Waals surface area contributed by atoms with E-state index < -0.39 is 0 Å². The topological polar surface area (TPSA) is 4.93 Å². The molecule has 0 amide bonds. The summed E-state index contributed by atoms with van der Waals surface area (Å²) in [7, 11) is 0. The monoisotopic (exact) mass is 237 g/mol. The van der Waals surface area contributed by atoms with E-state index in [0.29, 0.717) is 0 Å². The summed E-state index contributed by atoms with van der Waals surface area (Å²) in [6.07, 6.45) is 9.14. The van der Waals surface area contributed by atoms with Crippen molar-refractivity contribution in [2.24, 2.45) is 5.41 Å². The molecule has 0 atom stereocenters. The maximum atomic E-state index is 2.40. The van der Waals surface area contributed by atoms with Gasteiger partial charge in [-0.15, -0.1) is 0 Å². The second-order valence-corrected chi connectivity index (χ2v) is 5.55. The molecule has 0 N–H and O–H groups in total. The highest BCUT2D eigenvalue weighted by Crippen LogP contribution is 2.34. The number of nitrogens with zero attached hydrogens (tertiary/aromatic N) is 1. The summed E-state index contributed by atoms with van der Waals surface area (Å²) >= 11 is 0. The van der Waals surface area contributed by atoms with Crippen LogP contribution in [0.1, 0.15) is 32.0 Å². The van der Waals surface area contributed by atoms with Crippen molar-refractivity contribution in [3.63, 3.8) is 0 Å². The van der Waals surface area contributed by atoms with Crippen LogP contribution in [-0.2, 0) is 6.54 Å². The second kappa shape index (κ2) is 3.88. The molecule has 1 heteroatoms. The summed E-state index contributed by atoms with van der Waals surface area (Å²) in [6, 6.07) is 8.67. The van der Waals surface area contributed by atoms with Gasteiger partial charge in [0.05, 0.1) is 0 Å². The lowest BCUT2D eigenvalue weighted by Crippen LogP contribution is -2.01. The molecule has 1 aromatic heterocycles. The van der Waals surface area contributed by atoms with E-state index in [1.54, 1.807) is 0 Å². The molecule has 1 aliphatic rings. The zero-order valence-corrected chi connectivity index (χ0v) is 11.3. The Labute approximate surface area is 108 Å². The Morgan fingerprint density at radius 3 is 2.56 bits per heavy atom. The van der Waals surface area contributed by atoms with Crippen LogP contribution in [0.4, 0.5) is 0 Å². The van der Waals surface area contributed by atoms with Gasteiger partial charge in [0.1, 0.15) is 0 Å². The number of aryl methyl sites for hydroxylation is 1. The van der Waals surface area contributed by atoms with Crippen LogP contribution in [0.25, 0.3) is 23.1 Å². The lowest BCUT2D eigenvalue weighted by atomic mass is 9.93. The van der Waals surface area contributed by atoms with Crippen LogP contribution in [0.5, 0.6) is 0 Å². The van der Waals surface area contributed by atoms with E-state index in [-0.39, 0.29) is 5.41 Å². The van der Waals surface area contributed by atoms with Gasteiger partial charge in [-0.3, -0.25) is 0 Å². The van der Waals surface area contributed by atoms with Crippen LogP contribution in [0.15, 0.2) is 36.4 Å². The molecule has 2 aromatic rings. The van der Waals surface area contributed by atoms with Gasteiger partial charge in [-0.1, -0.05) is 50.3 Å². The van der Waals surface area contributed by atoms with Crippen LogP contribution in [0.3, 0.4) is 0 Å². The van der Waals surface area contributed by atoms with E-state index in [4.69, 9.17) is 0 Å². The Kier molecular flexibility index (Phi) is 2.44. The minimum Gasteiger partial charge on any atom is -0.341 e. The molecule has 0 saturated carbocycles. The third-order valence-corrected chi connectivity index (χ3v) is 3.72. The van der Waals surface area contributed by atoms with E-state index in [2.05, 4.69) is 73.9 Å². The first kappa shape index (κ1) is 11.3. The van der Waals surface area contributed by atoms with Crippen LogP contribution < -0.4 is 0 Å². The van der Waals surface area contributed by atoms with Crippen molar-refractivity contribution in [2.75, 3.05) is 0 Å². The summed E-state index contributed by atoms with van der Waals surface area (Å²) in [5.74, 6) is 0. The van der Waals surface area contributed by atoms with Crippen LogP contribution in [0, 0.1) is 5.41 Å². The highest BCUT2D eigenvalue weighted by atomic mass is 15.0. The first-order valence-electron chi connectivity index (χ1n) is 6.62. The minimum atomic E-state index is 0.138. The minimum absolute atomic E-state index is 0.138. The summed E-state index contributed by atoms with van der Waals surface area (Å²) in [5, 5.41) is 1.35. The van der Waals surface area contributed by atoms with Gasteiger partial charge in [0, 0.05) is 34.1 Å². The first-order chi connectivity index (χ1) is 8.62. The van der Waals surface area contributed by atoms with Crippen molar-refractivity contribution in [3.8, 4) is 0 Å². The van der Waals surface area contributed by atoms with Gasteiger partial charge in [0.15, 0.2) is 0 Å². The molecule has 0 unspecified atom stereocenters. The Morgan fingerprint density at radius 2 is 1.78 bits per heavy atom. The maximum Gasteiger partial charge on any atom is 0.0491 e. The van der Waals surface area contributed by atoms with Gasteiger partial charge in [-0.2, -0.15) is 0 Å². The van der Waals surface area contributed by atoms with E-state index in [0.717, 1.165) is 6.54 Å². The molecule has 1 aromatic carbocycles. The average Bonchev–Trinajstić information content (AvgIpc) is 2.58. The highest BCUT2D eigenvalue weighted by Gasteiger charge is 2.17. The summed E-state index contributed by atoms with van der Waals surface area (Å²) in [6.45, 7) is 7.70. The highest BCUT2D eigenvalue weighted by molar-refractivity contribution is 5.94. The Hall–Kier alpha value is -1.76. The molecule has 0 bridgehead atoms. The van der Waals surface area contributed by atoms with Gasteiger partial charge in [-0.05, 0) is 19.1 Å². The second-order valence-electron chi connectivity index (χ2n) is 5.55. The largest absolute Gasteiger partial charge is 0.341 e. The third-order valence-electron chi connectivity index (χ3n) is 3.72. The number of para-hydroxylation sites is 1. The average molecular weight is 237 g/mol. The third kappa shape index (κ3) is 1.62. The number of rotatable bonds is 1. The number of hydrogen-bond donors (Lipinski definition) is 0. The fourth-order valence-corrected chi connectivity index (χ4v) is 2.69. The Morgan fingerprint density at radius 1 is 1.06 bits per heavy atom. The van der Waals surface area contributed by atoms with Crippen molar-refractivity contribution in [1.29, 1.82) is 0 Å². The molecule has 0 radical (unpaired) electrons. The summed E-state index contributed by atoms with van der Waals surface area (Å²) in [4.78, 5) is 0. The molecular formula is C17H19N. The Balaban J connectivity index is 2.37. The van der Waals surface area contributed by atoms with Gasteiger partial charge in [-0.25, -0.2) is 0 Å². The van der Waals surface area contributed by atoms with Crippen molar-refractivity contribution < 1.29 is 0 Å². The SMILES string of the molecule is CCn1c2c(c3ccccc31)C=CC(C)(C)C=C2.